The molecule has 1 aliphatic carbocycles. The summed E-state index contributed by atoms with van der Waals surface area (Å²) in [7, 11) is 0. The Balaban J connectivity index is 0.00000257. The van der Waals surface area contributed by atoms with Crippen molar-refractivity contribution in [1.29, 1.82) is 0 Å². The van der Waals surface area contributed by atoms with Gasteiger partial charge in [-0.2, -0.15) is 11.8 Å². The highest BCUT2D eigenvalue weighted by Gasteiger charge is 2.30. The molecule has 3 atom stereocenters. The van der Waals surface area contributed by atoms with Crippen molar-refractivity contribution in [3.05, 3.63) is 54.1 Å². The predicted molar refractivity (Wildman–Crippen MR) is 201 cm³/mol. The molecular formula is C39H65N5O3S. The minimum Gasteiger partial charge on any atom is -0.356 e. The van der Waals surface area contributed by atoms with E-state index in [0.717, 1.165) is 43.4 Å². The zero-order valence-corrected chi connectivity index (χ0v) is 31.6. The van der Waals surface area contributed by atoms with Crippen molar-refractivity contribution < 1.29 is 14.4 Å². The van der Waals surface area contributed by atoms with Crippen LogP contribution >= 0.6 is 11.8 Å². The average molecular weight is 684 g/mol. The van der Waals surface area contributed by atoms with E-state index in [2.05, 4.69) is 79.6 Å². The molecule has 1 aliphatic rings. The fourth-order valence-corrected chi connectivity index (χ4v) is 6.94. The topological polar surface area (TPSA) is 116 Å². The second-order valence-corrected chi connectivity index (χ2v) is 16.2. The fraction of sp³-hybridized carbons (Fsp3) is 0.692. The Hall–Kier alpha value is -2.81. The Labute approximate surface area is 295 Å². The summed E-state index contributed by atoms with van der Waals surface area (Å²) in [6.07, 6.45) is 16.5. The lowest BCUT2D eigenvalue weighted by atomic mass is 9.83. The number of rotatable bonds is 19. The molecule has 1 heterocycles. The van der Waals surface area contributed by atoms with Crippen molar-refractivity contribution >= 4 is 29.5 Å². The number of benzene rings is 1. The van der Waals surface area contributed by atoms with Crippen LogP contribution in [0.4, 0.5) is 0 Å². The van der Waals surface area contributed by atoms with E-state index in [1.165, 1.54) is 38.5 Å². The number of nitrogens with one attached hydrogen (secondary N) is 4. The summed E-state index contributed by atoms with van der Waals surface area (Å²) in [5, 5.41) is 9.48. The van der Waals surface area contributed by atoms with Gasteiger partial charge in [0.15, 0.2) is 0 Å². The van der Waals surface area contributed by atoms with Crippen LogP contribution in [-0.4, -0.2) is 56.8 Å². The van der Waals surface area contributed by atoms with E-state index in [0.29, 0.717) is 37.5 Å². The average Bonchev–Trinajstić information content (AvgIpc) is 3.57. The predicted octanol–water partition coefficient (Wildman–Crippen LogP) is 7.79. The maximum Gasteiger partial charge on any atom is 0.243 e. The molecule has 3 amide bonds. The third-order valence-electron chi connectivity index (χ3n) is 8.52. The number of hydrogen-bond donors (Lipinski definition) is 4. The molecule has 0 saturated heterocycles. The molecule has 270 valence electrons. The van der Waals surface area contributed by atoms with Crippen molar-refractivity contribution in [1.82, 2.24) is 25.9 Å². The van der Waals surface area contributed by atoms with Gasteiger partial charge in [0.25, 0.3) is 0 Å². The first kappa shape index (κ1) is 41.4. The quantitative estimate of drug-likeness (QED) is 0.113. The van der Waals surface area contributed by atoms with Gasteiger partial charge in [-0.15, -0.1) is 0 Å². The van der Waals surface area contributed by atoms with Gasteiger partial charge in [-0.05, 0) is 43.6 Å². The minimum atomic E-state index is -0.734. The first-order chi connectivity index (χ1) is 23.0. The highest BCUT2D eigenvalue weighted by atomic mass is 32.2. The number of unbranched alkanes of at least 4 members (excludes halogenated alkanes) is 1. The molecule has 0 bridgehead atoms. The number of hydrogen-bond acceptors (Lipinski definition) is 5. The molecule has 1 aromatic carbocycles. The van der Waals surface area contributed by atoms with Gasteiger partial charge in [0.1, 0.15) is 6.04 Å². The third-order valence-corrected chi connectivity index (χ3v) is 9.96. The Bertz CT molecular complexity index is 1150. The zero-order chi connectivity index (χ0) is 35.2. The minimum absolute atomic E-state index is 0.0150. The number of nitrogens with zero attached hydrogens (tertiary/aromatic N) is 1. The molecule has 9 heteroatoms. The van der Waals surface area contributed by atoms with Crippen LogP contribution in [0.25, 0.3) is 0 Å². The van der Waals surface area contributed by atoms with Crippen LogP contribution in [0.2, 0.25) is 0 Å². The molecule has 2 aromatic rings. The number of aromatic amines is 1. The van der Waals surface area contributed by atoms with E-state index in [9.17, 15) is 14.4 Å². The number of thioether (sulfide) groups is 1. The van der Waals surface area contributed by atoms with Crippen LogP contribution in [0.15, 0.2) is 42.9 Å². The van der Waals surface area contributed by atoms with E-state index in [-0.39, 0.29) is 34.4 Å². The molecule has 1 fully saturated rings. The van der Waals surface area contributed by atoms with E-state index in [4.69, 9.17) is 0 Å². The van der Waals surface area contributed by atoms with Crippen LogP contribution in [0.5, 0.6) is 0 Å². The van der Waals surface area contributed by atoms with Gasteiger partial charge < -0.3 is 20.9 Å². The molecular weight excluding hydrogens is 619 g/mol. The second-order valence-electron chi connectivity index (χ2n) is 14.4. The first-order valence-corrected chi connectivity index (χ1v) is 19.6. The molecule has 1 aromatic heterocycles. The summed E-state index contributed by atoms with van der Waals surface area (Å²) >= 11 is 1.77. The Kier molecular flexibility index (Phi) is 20.3. The van der Waals surface area contributed by atoms with Crippen molar-refractivity contribution in [3.63, 3.8) is 0 Å². The summed E-state index contributed by atoms with van der Waals surface area (Å²) in [6.45, 7) is 13.5. The largest absolute Gasteiger partial charge is 0.356 e. The van der Waals surface area contributed by atoms with E-state index < -0.39 is 6.04 Å². The molecule has 2 unspecified atom stereocenters. The maximum atomic E-state index is 14.0. The SMILES string of the molecule is CCC.CCCCNC(=O)CCCC(CC1CCCCC1)NC(=O)[C@H](Cc1cnc[nH]1)NC(=O)C(CSC(C)(C)C)Cc1ccccc1. The first-order valence-electron chi connectivity index (χ1n) is 18.6. The van der Waals surface area contributed by atoms with Gasteiger partial charge in [0, 0.05) is 47.8 Å². The fourth-order valence-electron chi connectivity index (χ4n) is 5.97. The second kappa shape index (κ2) is 23.5. The van der Waals surface area contributed by atoms with Gasteiger partial charge in [-0.1, -0.05) is 117 Å². The Morgan fingerprint density at radius 3 is 2.29 bits per heavy atom. The molecule has 0 aliphatic heterocycles. The lowest BCUT2D eigenvalue weighted by Gasteiger charge is -2.29. The number of carbonyl (C=O) groups excluding carboxylic acids is 3. The number of amides is 3. The van der Waals surface area contributed by atoms with Gasteiger partial charge in [-0.3, -0.25) is 14.4 Å². The molecule has 1 saturated carbocycles. The van der Waals surface area contributed by atoms with E-state index in [1.807, 2.05) is 18.2 Å². The number of imidazole rings is 1. The van der Waals surface area contributed by atoms with Gasteiger partial charge in [0.05, 0.1) is 12.2 Å². The summed E-state index contributed by atoms with van der Waals surface area (Å²) in [5.74, 6) is 0.752. The number of aromatic nitrogens is 2. The van der Waals surface area contributed by atoms with E-state index >= 15 is 0 Å². The van der Waals surface area contributed by atoms with Crippen LogP contribution < -0.4 is 16.0 Å². The monoisotopic (exact) mass is 683 g/mol. The van der Waals surface area contributed by atoms with Crippen molar-refractivity contribution in [2.45, 2.75) is 148 Å². The van der Waals surface area contributed by atoms with Gasteiger partial charge in [0.2, 0.25) is 17.7 Å². The molecule has 8 nitrogen and oxygen atoms in total. The summed E-state index contributed by atoms with van der Waals surface area (Å²) < 4.78 is 0.0150. The third kappa shape index (κ3) is 18.1. The standard InChI is InChI=1S/C36H57N5O3S.C3H8/c1-5-6-20-38-33(42)19-13-18-30(22-28-16-11-8-12-17-28)40-35(44)32(23-31-24-37-26-39-31)41-34(43)29(25-45-36(2,3)4)21-27-14-9-7-10-15-27;1-3-2/h7,9-10,14-15,24,26,28-30,32H,5-6,8,11-13,16-23,25H2,1-4H3,(H,37,39)(H,38,42)(H,40,44)(H,41,43);3H2,1-2H3/t29?,30?,32-;/m0./s1. The lowest BCUT2D eigenvalue weighted by molar-refractivity contribution is -0.131. The van der Waals surface area contributed by atoms with Crippen LogP contribution in [-0.2, 0) is 27.2 Å². The normalized spacial score (nSPS) is 15.4. The van der Waals surface area contributed by atoms with Crippen LogP contribution in [0, 0.1) is 11.8 Å². The Morgan fingerprint density at radius 2 is 1.67 bits per heavy atom. The molecule has 3 rings (SSSR count). The number of H-pyrrole nitrogens is 1. The smallest absolute Gasteiger partial charge is 0.243 e. The highest BCUT2D eigenvalue weighted by Crippen LogP contribution is 2.29. The van der Waals surface area contributed by atoms with Gasteiger partial charge in [-0.25, -0.2) is 4.98 Å². The van der Waals surface area contributed by atoms with Crippen LogP contribution in [0.3, 0.4) is 0 Å². The maximum absolute atomic E-state index is 14.0. The molecule has 48 heavy (non-hydrogen) atoms. The lowest BCUT2D eigenvalue weighted by Crippen LogP contribution is -2.52. The zero-order valence-electron chi connectivity index (χ0n) is 30.7. The van der Waals surface area contributed by atoms with Crippen LogP contribution in [0.1, 0.15) is 130 Å². The van der Waals surface area contributed by atoms with Gasteiger partial charge >= 0.3 is 0 Å². The molecule has 0 radical (unpaired) electrons. The van der Waals surface area contributed by atoms with Crippen molar-refractivity contribution in [3.8, 4) is 0 Å². The summed E-state index contributed by atoms with van der Waals surface area (Å²) in [6, 6.07) is 9.31. The van der Waals surface area contributed by atoms with Crippen molar-refractivity contribution in [2.75, 3.05) is 12.3 Å². The Morgan fingerprint density at radius 1 is 0.958 bits per heavy atom. The molecule has 4 N–H and O–H groups in total. The summed E-state index contributed by atoms with van der Waals surface area (Å²) in [4.78, 5) is 47.5. The highest BCUT2D eigenvalue weighted by molar-refractivity contribution is 8.00. The van der Waals surface area contributed by atoms with Crippen molar-refractivity contribution in [2.24, 2.45) is 11.8 Å². The number of carbonyl (C=O) groups is 3. The summed E-state index contributed by atoms with van der Waals surface area (Å²) in [5.41, 5.74) is 1.90. The van der Waals surface area contributed by atoms with E-state index in [1.54, 1.807) is 24.3 Å². The molecule has 0 spiro atoms.